The Balaban J connectivity index is 2.09. The number of nitrogens with one attached hydrogen (secondary N) is 1. The molecule has 1 aromatic carbocycles. The van der Waals surface area contributed by atoms with Crippen molar-refractivity contribution in [1.29, 1.82) is 0 Å². The molecule has 0 radical (unpaired) electrons. The van der Waals surface area contributed by atoms with Crippen molar-refractivity contribution in [1.82, 2.24) is 15.2 Å². The van der Waals surface area contributed by atoms with Crippen molar-refractivity contribution in [2.24, 2.45) is 11.0 Å². The van der Waals surface area contributed by atoms with Gasteiger partial charge in [0.2, 0.25) is 0 Å². The van der Waals surface area contributed by atoms with Gasteiger partial charge in [-0.15, -0.1) is 0 Å². The quantitative estimate of drug-likeness (QED) is 0.651. The monoisotopic (exact) mass is 334 g/mol. The minimum atomic E-state index is -0.416. The predicted octanol–water partition coefficient (Wildman–Crippen LogP) is 2.97. The number of halogens is 1. The molecule has 2 N–H and O–H groups in total. The Morgan fingerprint density at radius 2 is 2.26 bits per heavy atom. The molecule has 23 heavy (non-hydrogen) atoms. The summed E-state index contributed by atoms with van der Waals surface area (Å²) in [5.41, 5.74) is 4.13. The van der Waals surface area contributed by atoms with E-state index in [0.29, 0.717) is 28.7 Å². The molecule has 0 fully saturated rings. The summed E-state index contributed by atoms with van der Waals surface area (Å²) in [5, 5.41) is 18.1. The minimum absolute atomic E-state index is 0.0236. The van der Waals surface area contributed by atoms with Crippen LogP contribution < -0.4 is 5.43 Å². The molecule has 0 bridgehead atoms. The van der Waals surface area contributed by atoms with Gasteiger partial charge in [0, 0.05) is 12.1 Å². The average molecular weight is 335 g/mol. The molecule has 0 aliphatic carbocycles. The van der Waals surface area contributed by atoms with Crippen molar-refractivity contribution in [2.45, 2.75) is 27.3 Å². The molecule has 0 saturated carbocycles. The van der Waals surface area contributed by atoms with Crippen molar-refractivity contribution in [3.8, 4) is 5.75 Å². The Hall–Kier alpha value is -2.34. The summed E-state index contributed by atoms with van der Waals surface area (Å²) in [7, 11) is 0. The van der Waals surface area contributed by atoms with Crippen LogP contribution in [0.15, 0.2) is 29.4 Å². The Morgan fingerprint density at radius 1 is 1.52 bits per heavy atom. The van der Waals surface area contributed by atoms with Crippen molar-refractivity contribution in [3.63, 3.8) is 0 Å². The van der Waals surface area contributed by atoms with E-state index in [9.17, 15) is 9.90 Å². The van der Waals surface area contributed by atoms with Gasteiger partial charge in [0.1, 0.15) is 10.9 Å². The van der Waals surface area contributed by atoms with E-state index in [2.05, 4.69) is 29.5 Å². The van der Waals surface area contributed by atoms with Gasteiger partial charge in [0.15, 0.2) is 0 Å². The second-order valence-corrected chi connectivity index (χ2v) is 5.97. The molecule has 2 rings (SSSR count). The highest BCUT2D eigenvalue weighted by molar-refractivity contribution is 6.32. The predicted molar refractivity (Wildman–Crippen MR) is 90.0 cm³/mol. The Bertz CT molecular complexity index is 738. The number of benzene rings is 1. The van der Waals surface area contributed by atoms with Crippen molar-refractivity contribution in [3.05, 3.63) is 46.2 Å². The van der Waals surface area contributed by atoms with Crippen LogP contribution >= 0.6 is 11.6 Å². The van der Waals surface area contributed by atoms with Crippen LogP contribution in [0.25, 0.3) is 0 Å². The molecule has 2 aromatic rings. The standard InChI is InChI=1S/C16H19ClN4O2/c1-10(2)9-21-15(17)14(11(3)20-21)8-18-19-16(23)12-5-4-6-13(22)7-12/h4-8,10,22H,9H2,1-3H3,(H,19,23)/b18-8-. The molecule has 6 nitrogen and oxygen atoms in total. The van der Waals surface area contributed by atoms with E-state index in [1.54, 1.807) is 16.8 Å². The highest BCUT2D eigenvalue weighted by Crippen LogP contribution is 2.19. The fraction of sp³-hybridized carbons (Fsp3) is 0.312. The molecule has 0 atom stereocenters. The van der Waals surface area contributed by atoms with Crippen molar-refractivity contribution in [2.75, 3.05) is 0 Å². The third kappa shape index (κ3) is 4.32. The summed E-state index contributed by atoms with van der Waals surface area (Å²) in [5.74, 6) is 0.0260. The summed E-state index contributed by atoms with van der Waals surface area (Å²) >= 11 is 6.29. The third-order valence-electron chi connectivity index (χ3n) is 3.12. The topological polar surface area (TPSA) is 79.5 Å². The van der Waals surface area contributed by atoms with E-state index < -0.39 is 5.91 Å². The molecule has 7 heteroatoms. The summed E-state index contributed by atoms with van der Waals surface area (Å²) in [6.07, 6.45) is 1.47. The number of hydrogen-bond donors (Lipinski definition) is 2. The number of nitrogens with zero attached hydrogens (tertiary/aromatic N) is 3. The fourth-order valence-corrected chi connectivity index (χ4v) is 2.34. The van der Waals surface area contributed by atoms with Gasteiger partial charge in [0.05, 0.1) is 17.5 Å². The van der Waals surface area contributed by atoms with Gasteiger partial charge in [-0.05, 0) is 31.0 Å². The van der Waals surface area contributed by atoms with E-state index in [4.69, 9.17) is 11.6 Å². The number of hydrogen-bond acceptors (Lipinski definition) is 4. The first kappa shape index (κ1) is 17.0. The molecular weight excluding hydrogens is 316 g/mol. The van der Waals surface area contributed by atoms with Gasteiger partial charge in [-0.1, -0.05) is 31.5 Å². The highest BCUT2D eigenvalue weighted by Gasteiger charge is 2.12. The zero-order valence-electron chi connectivity index (χ0n) is 13.2. The van der Waals surface area contributed by atoms with Crippen LogP contribution in [0.3, 0.4) is 0 Å². The highest BCUT2D eigenvalue weighted by atomic mass is 35.5. The lowest BCUT2D eigenvalue weighted by Crippen LogP contribution is -2.17. The van der Waals surface area contributed by atoms with Crippen LogP contribution in [0.1, 0.15) is 35.5 Å². The Kier molecular flexibility index (Phi) is 5.39. The van der Waals surface area contributed by atoms with E-state index in [1.165, 1.54) is 18.3 Å². The van der Waals surface area contributed by atoms with E-state index >= 15 is 0 Å². The van der Waals surface area contributed by atoms with Crippen LogP contribution in [-0.2, 0) is 6.54 Å². The van der Waals surface area contributed by atoms with Crippen molar-refractivity contribution >= 4 is 23.7 Å². The first-order valence-corrected chi connectivity index (χ1v) is 7.61. The largest absolute Gasteiger partial charge is 0.508 e. The molecular formula is C16H19ClN4O2. The second kappa shape index (κ2) is 7.28. The van der Waals surface area contributed by atoms with Gasteiger partial charge in [0.25, 0.3) is 5.91 Å². The number of amides is 1. The van der Waals surface area contributed by atoms with Crippen LogP contribution in [0.5, 0.6) is 5.75 Å². The summed E-state index contributed by atoms with van der Waals surface area (Å²) in [6.45, 7) is 6.71. The number of hydrazone groups is 1. The molecule has 122 valence electrons. The number of carbonyl (C=O) groups excluding carboxylic acids is 1. The van der Waals surface area contributed by atoms with Crippen LogP contribution in [0, 0.1) is 12.8 Å². The molecule has 0 unspecified atom stereocenters. The molecule has 0 aliphatic heterocycles. The summed E-state index contributed by atoms with van der Waals surface area (Å²) in [4.78, 5) is 11.9. The normalized spacial score (nSPS) is 11.3. The fourth-order valence-electron chi connectivity index (χ4n) is 2.05. The van der Waals surface area contributed by atoms with E-state index in [-0.39, 0.29) is 5.75 Å². The van der Waals surface area contributed by atoms with Crippen LogP contribution in [-0.4, -0.2) is 27.0 Å². The number of carbonyl (C=O) groups is 1. The van der Waals surface area contributed by atoms with Gasteiger partial charge >= 0.3 is 0 Å². The van der Waals surface area contributed by atoms with Crippen LogP contribution in [0.4, 0.5) is 0 Å². The van der Waals surface area contributed by atoms with Gasteiger partial charge < -0.3 is 5.11 Å². The maximum Gasteiger partial charge on any atom is 0.271 e. The van der Waals surface area contributed by atoms with Gasteiger partial charge in [-0.25, -0.2) is 5.43 Å². The molecule has 1 amide bonds. The van der Waals surface area contributed by atoms with Gasteiger partial charge in [-0.2, -0.15) is 10.2 Å². The second-order valence-electron chi connectivity index (χ2n) is 5.62. The Labute approximate surface area is 139 Å². The van der Waals surface area contributed by atoms with E-state index in [1.807, 2.05) is 6.92 Å². The SMILES string of the molecule is Cc1nn(CC(C)C)c(Cl)c1/C=N\NC(=O)c1cccc(O)c1. The maximum absolute atomic E-state index is 11.9. The zero-order chi connectivity index (χ0) is 17.0. The van der Waals surface area contributed by atoms with Gasteiger partial charge in [-0.3, -0.25) is 9.48 Å². The minimum Gasteiger partial charge on any atom is -0.508 e. The lowest BCUT2D eigenvalue weighted by Gasteiger charge is -2.05. The number of aromatic hydroxyl groups is 1. The Morgan fingerprint density at radius 3 is 2.91 bits per heavy atom. The smallest absolute Gasteiger partial charge is 0.271 e. The zero-order valence-corrected chi connectivity index (χ0v) is 14.0. The third-order valence-corrected chi connectivity index (χ3v) is 3.51. The number of phenolic OH excluding ortho intramolecular Hbond substituents is 1. The van der Waals surface area contributed by atoms with Crippen LogP contribution in [0.2, 0.25) is 5.15 Å². The lowest BCUT2D eigenvalue weighted by molar-refractivity contribution is 0.0954. The molecule has 1 heterocycles. The average Bonchev–Trinajstić information content (AvgIpc) is 2.73. The number of aromatic nitrogens is 2. The summed E-state index contributed by atoms with van der Waals surface area (Å²) in [6, 6.07) is 6.03. The first-order valence-electron chi connectivity index (χ1n) is 7.23. The molecule has 0 spiro atoms. The molecule has 1 aromatic heterocycles. The number of aryl methyl sites for hydroxylation is 1. The lowest BCUT2D eigenvalue weighted by atomic mass is 10.2. The first-order chi connectivity index (χ1) is 10.9. The maximum atomic E-state index is 11.9. The van der Waals surface area contributed by atoms with Crippen molar-refractivity contribution < 1.29 is 9.90 Å². The van der Waals surface area contributed by atoms with E-state index in [0.717, 1.165) is 5.69 Å². The summed E-state index contributed by atoms with van der Waals surface area (Å²) < 4.78 is 1.72. The molecule has 0 aliphatic rings. The number of rotatable bonds is 5. The number of phenols is 1. The molecule has 0 saturated heterocycles.